The van der Waals surface area contributed by atoms with Gasteiger partial charge in [0.1, 0.15) is 12.2 Å². The summed E-state index contributed by atoms with van der Waals surface area (Å²) in [6.45, 7) is 5.94. The molecule has 1 radical (unpaired) electrons. The maximum absolute atomic E-state index is 10.0. The number of aliphatic hydroxyl groups excluding tert-OH is 3. The first-order valence-corrected chi connectivity index (χ1v) is 7.30. The molecule has 21 heavy (non-hydrogen) atoms. The Balaban J connectivity index is 0.00000400. The zero-order valence-electron chi connectivity index (χ0n) is 12.7. The van der Waals surface area contributed by atoms with Crippen LogP contribution in [-0.2, 0) is 9.47 Å². The Morgan fingerprint density at radius 3 is 2.52 bits per heavy atom. The van der Waals surface area contributed by atoms with Crippen LogP contribution in [0, 0.1) is 56.9 Å². The van der Waals surface area contributed by atoms with Crippen molar-refractivity contribution in [2.24, 2.45) is 5.92 Å². The minimum Gasteiger partial charge on any atom is -0.394 e. The molecule has 121 valence electrons. The fourth-order valence-electron chi connectivity index (χ4n) is 2.34. The molecule has 6 heteroatoms. The van der Waals surface area contributed by atoms with Crippen molar-refractivity contribution in [1.29, 1.82) is 0 Å². The maximum Gasteiger partial charge on any atom is 0.161 e. The van der Waals surface area contributed by atoms with E-state index in [-0.39, 0.29) is 56.6 Å². The van der Waals surface area contributed by atoms with E-state index in [9.17, 15) is 10.2 Å². The SMILES string of the molecule is [Ac].[CH2-]CC1C(OCCCC/C=C\C)OC(CO)C(O)C1O. The van der Waals surface area contributed by atoms with Gasteiger partial charge in [-0.2, -0.15) is 6.42 Å². The largest absolute Gasteiger partial charge is 0.394 e. The van der Waals surface area contributed by atoms with Crippen LogP contribution in [0.2, 0.25) is 0 Å². The minimum absolute atomic E-state index is 0. The molecule has 1 aliphatic rings. The first kappa shape index (κ1) is 22.0. The molecule has 5 unspecified atom stereocenters. The Morgan fingerprint density at radius 1 is 1.24 bits per heavy atom. The van der Waals surface area contributed by atoms with Crippen LogP contribution < -0.4 is 0 Å². The monoisotopic (exact) mass is 514 g/mol. The molecule has 5 atom stereocenters. The van der Waals surface area contributed by atoms with Gasteiger partial charge in [0.2, 0.25) is 0 Å². The standard InChI is InChI=1S/C15H27O5.Ac/c1-3-5-6-7-8-9-19-15-11(4-2)13(17)14(18)12(10-16)20-15;/h3,5,11-18H,2,4,6-10H2,1H3;/q-1;/b5-3-;. The fraction of sp³-hybridized carbons (Fsp3) is 0.800. The van der Waals surface area contributed by atoms with Crippen molar-refractivity contribution in [3.8, 4) is 0 Å². The molecule has 0 bridgehead atoms. The molecule has 0 spiro atoms. The van der Waals surface area contributed by atoms with E-state index in [2.05, 4.69) is 13.0 Å². The molecule has 5 nitrogen and oxygen atoms in total. The number of aliphatic hydroxyl groups is 3. The summed E-state index contributed by atoms with van der Waals surface area (Å²) in [6, 6.07) is 0. The number of hydrogen-bond acceptors (Lipinski definition) is 5. The molecule has 1 fully saturated rings. The zero-order valence-corrected chi connectivity index (χ0v) is 17.5. The summed E-state index contributed by atoms with van der Waals surface area (Å²) >= 11 is 0. The first-order valence-electron chi connectivity index (χ1n) is 7.30. The van der Waals surface area contributed by atoms with Gasteiger partial charge in [-0.05, 0) is 26.2 Å². The Labute approximate surface area is 163 Å². The van der Waals surface area contributed by atoms with E-state index in [0.717, 1.165) is 19.3 Å². The summed E-state index contributed by atoms with van der Waals surface area (Å²) < 4.78 is 11.2. The molecular formula is C15H27AcO5-. The molecule has 1 rings (SSSR count). The van der Waals surface area contributed by atoms with Crippen molar-refractivity contribution < 1.29 is 68.9 Å². The fourth-order valence-corrected chi connectivity index (χ4v) is 2.34. The van der Waals surface area contributed by atoms with E-state index < -0.39 is 24.6 Å². The summed E-state index contributed by atoms with van der Waals surface area (Å²) in [4.78, 5) is 0. The summed E-state index contributed by atoms with van der Waals surface area (Å²) in [5.41, 5.74) is 0. The smallest absolute Gasteiger partial charge is 0.161 e. The third-order valence-corrected chi connectivity index (χ3v) is 3.62. The maximum atomic E-state index is 10.0. The molecule has 0 aromatic carbocycles. The third-order valence-electron chi connectivity index (χ3n) is 3.62. The molecule has 0 saturated carbocycles. The number of ether oxygens (including phenoxy) is 2. The van der Waals surface area contributed by atoms with Gasteiger partial charge in [0, 0.05) is 56.6 Å². The summed E-state index contributed by atoms with van der Waals surface area (Å²) in [6.07, 6.45) is 3.98. The first-order chi connectivity index (χ1) is 9.65. The number of hydrogen-bond donors (Lipinski definition) is 3. The minimum atomic E-state index is -1.10. The number of allylic oxidation sites excluding steroid dienone is 2. The number of rotatable bonds is 8. The third kappa shape index (κ3) is 6.95. The van der Waals surface area contributed by atoms with Gasteiger partial charge in [-0.25, -0.2) is 0 Å². The number of unbranched alkanes of at least 4 members (excludes halogenated alkanes) is 2. The van der Waals surface area contributed by atoms with Crippen LogP contribution in [-0.4, -0.2) is 53.1 Å². The van der Waals surface area contributed by atoms with Gasteiger partial charge in [0.15, 0.2) is 6.29 Å². The Morgan fingerprint density at radius 2 is 1.95 bits per heavy atom. The van der Waals surface area contributed by atoms with Gasteiger partial charge >= 0.3 is 0 Å². The van der Waals surface area contributed by atoms with E-state index in [0.29, 0.717) is 13.0 Å². The topological polar surface area (TPSA) is 79.2 Å². The van der Waals surface area contributed by atoms with Crippen molar-refractivity contribution in [3.05, 3.63) is 19.1 Å². The molecule has 0 aromatic rings. The van der Waals surface area contributed by atoms with Gasteiger partial charge in [-0.15, -0.1) is 0 Å². The van der Waals surface area contributed by atoms with Crippen LogP contribution in [0.3, 0.4) is 0 Å². The van der Waals surface area contributed by atoms with Crippen LogP contribution in [0.5, 0.6) is 0 Å². The van der Waals surface area contributed by atoms with Crippen molar-refractivity contribution >= 4 is 0 Å². The molecule has 1 aliphatic heterocycles. The summed E-state index contributed by atoms with van der Waals surface area (Å²) in [7, 11) is 0. The van der Waals surface area contributed by atoms with Gasteiger partial charge < -0.3 is 31.7 Å². The summed E-state index contributed by atoms with van der Waals surface area (Å²) in [5.74, 6) is -0.372. The zero-order chi connectivity index (χ0) is 15.0. The van der Waals surface area contributed by atoms with Crippen LogP contribution in [0.4, 0.5) is 0 Å². The van der Waals surface area contributed by atoms with Crippen LogP contribution in [0.25, 0.3) is 0 Å². The average molecular weight is 514 g/mol. The van der Waals surface area contributed by atoms with E-state index >= 15 is 0 Å². The van der Waals surface area contributed by atoms with E-state index in [1.165, 1.54) is 0 Å². The van der Waals surface area contributed by atoms with Crippen molar-refractivity contribution in [3.63, 3.8) is 0 Å². The molecule has 0 aromatic heterocycles. The second-order valence-electron chi connectivity index (χ2n) is 5.09. The Bertz CT molecular complexity index is 287. The van der Waals surface area contributed by atoms with Crippen molar-refractivity contribution in [2.45, 2.75) is 57.2 Å². The van der Waals surface area contributed by atoms with Crippen LogP contribution in [0.1, 0.15) is 32.6 Å². The van der Waals surface area contributed by atoms with E-state index in [1.54, 1.807) is 0 Å². The second-order valence-corrected chi connectivity index (χ2v) is 5.09. The second kappa shape index (κ2) is 12.4. The molecule has 3 N–H and O–H groups in total. The van der Waals surface area contributed by atoms with Gasteiger partial charge in [-0.3, -0.25) is 0 Å². The molecule has 1 heterocycles. The van der Waals surface area contributed by atoms with Gasteiger partial charge in [-0.1, -0.05) is 12.2 Å². The summed E-state index contributed by atoms with van der Waals surface area (Å²) in [5, 5.41) is 29.0. The Kier molecular flexibility index (Phi) is 13.0. The predicted octanol–water partition coefficient (Wildman–Crippen LogP) is 1.03. The van der Waals surface area contributed by atoms with E-state index in [1.807, 2.05) is 13.0 Å². The Hall–Kier alpha value is 0.982. The van der Waals surface area contributed by atoms with E-state index in [4.69, 9.17) is 14.6 Å². The molecule has 0 aliphatic carbocycles. The predicted molar refractivity (Wildman–Crippen MR) is 75.8 cm³/mol. The average Bonchev–Trinajstić information content (AvgIpc) is 2.46. The van der Waals surface area contributed by atoms with Gasteiger partial charge in [0.25, 0.3) is 0 Å². The van der Waals surface area contributed by atoms with Gasteiger partial charge in [0.05, 0.1) is 12.7 Å². The molecular weight excluding hydrogens is 487 g/mol. The van der Waals surface area contributed by atoms with Crippen molar-refractivity contribution in [1.82, 2.24) is 0 Å². The quantitative estimate of drug-likeness (QED) is 0.256. The van der Waals surface area contributed by atoms with Crippen molar-refractivity contribution in [2.75, 3.05) is 13.2 Å². The van der Waals surface area contributed by atoms with Crippen LogP contribution in [0.15, 0.2) is 12.2 Å². The molecule has 0 amide bonds. The normalized spacial score (nSPS) is 33.1. The van der Waals surface area contributed by atoms with Crippen LogP contribution >= 0.6 is 0 Å². The molecule has 1 saturated heterocycles.